The predicted molar refractivity (Wildman–Crippen MR) is 215 cm³/mol. The Labute approximate surface area is 301 Å². The Kier molecular flexibility index (Phi) is 7.17. The van der Waals surface area contributed by atoms with E-state index in [1.54, 1.807) is 0 Å². The van der Waals surface area contributed by atoms with Crippen molar-refractivity contribution in [1.29, 1.82) is 0 Å². The predicted octanol–water partition coefficient (Wildman–Crippen LogP) is 12.2. The molecule has 52 heavy (non-hydrogen) atoms. The zero-order valence-electron chi connectivity index (χ0n) is 28.3. The molecule has 0 saturated heterocycles. The Bertz CT molecular complexity index is 2760. The van der Waals surface area contributed by atoms with E-state index in [0.29, 0.717) is 0 Å². The van der Waals surface area contributed by atoms with Gasteiger partial charge >= 0.3 is 0 Å². The second-order valence-corrected chi connectivity index (χ2v) is 13.3. The number of rotatable bonds is 6. The summed E-state index contributed by atoms with van der Waals surface area (Å²) in [6, 6.07) is 61.7. The van der Waals surface area contributed by atoms with Crippen molar-refractivity contribution in [2.75, 3.05) is 0 Å². The first-order chi connectivity index (χ1) is 25.8. The molecule has 9 aromatic rings. The number of furan rings is 1. The summed E-state index contributed by atoms with van der Waals surface area (Å²) < 4.78 is 7.04. The van der Waals surface area contributed by atoms with E-state index < -0.39 is 0 Å². The van der Waals surface area contributed by atoms with Crippen molar-refractivity contribution >= 4 is 44.3 Å². The minimum atomic E-state index is -0.376. The van der Waals surface area contributed by atoms with Crippen LogP contribution in [-0.2, 0) is 0 Å². The second-order valence-electron chi connectivity index (χ2n) is 13.3. The highest BCUT2D eigenvalue weighted by molar-refractivity contribution is 6.15. The molecule has 0 amide bonds. The fraction of sp³-hybridized carbons (Fsp3) is 0.0208. The van der Waals surface area contributed by atoms with Crippen molar-refractivity contribution in [2.45, 2.75) is 6.17 Å². The Hall–Kier alpha value is -6.91. The average molecular weight is 668 g/mol. The quantitative estimate of drug-likeness (QED) is 0.185. The smallest absolute Gasteiger partial charge is 0.146 e. The second kappa shape index (κ2) is 12.4. The van der Waals surface area contributed by atoms with Gasteiger partial charge in [-0.15, -0.1) is 0 Å². The molecule has 3 heterocycles. The Morgan fingerprint density at radius 1 is 0.500 bits per heavy atom. The maximum absolute atomic E-state index is 7.04. The zero-order valence-corrected chi connectivity index (χ0v) is 28.3. The van der Waals surface area contributed by atoms with Gasteiger partial charge in [0.05, 0.1) is 17.1 Å². The van der Waals surface area contributed by atoms with Crippen LogP contribution in [-0.4, -0.2) is 10.7 Å². The van der Waals surface area contributed by atoms with Crippen molar-refractivity contribution in [3.8, 4) is 33.4 Å². The van der Waals surface area contributed by atoms with Gasteiger partial charge in [-0.25, -0.2) is 0 Å². The third-order valence-corrected chi connectivity index (χ3v) is 10.1. The van der Waals surface area contributed by atoms with Gasteiger partial charge < -0.3 is 14.7 Å². The van der Waals surface area contributed by atoms with E-state index in [1.807, 2.05) is 12.1 Å². The molecule has 0 radical (unpaired) electrons. The first-order valence-corrected chi connectivity index (χ1v) is 17.7. The van der Waals surface area contributed by atoms with Gasteiger partial charge in [0.15, 0.2) is 0 Å². The van der Waals surface area contributed by atoms with Crippen LogP contribution >= 0.6 is 0 Å². The summed E-state index contributed by atoms with van der Waals surface area (Å²) in [5, 5.41) is 7.15. The topological polar surface area (TPSA) is 53.3 Å². The number of aromatic amines is 1. The lowest BCUT2D eigenvalue weighted by Crippen LogP contribution is -2.25. The van der Waals surface area contributed by atoms with Gasteiger partial charge in [-0.2, -0.15) is 0 Å². The molecule has 1 unspecified atom stereocenters. The maximum Gasteiger partial charge on any atom is 0.146 e. The molecule has 2 N–H and O–H groups in total. The molecule has 1 aliphatic heterocycles. The summed E-state index contributed by atoms with van der Waals surface area (Å²) in [7, 11) is 0. The number of fused-ring (bicyclic) bond motifs is 4. The average Bonchev–Trinajstić information content (AvgIpc) is 3.84. The van der Waals surface area contributed by atoms with E-state index in [1.165, 1.54) is 16.5 Å². The summed E-state index contributed by atoms with van der Waals surface area (Å²) >= 11 is 0. The fourth-order valence-corrected chi connectivity index (χ4v) is 7.53. The monoisotopic (exact) mass is 667 g/mol. The van der Waals surface area contributed by atoms with Crippen LogP contribution in [0.3, 0.4) is 0 Å². The molecule has 2 aromatic heterocycles. The van der Waals surface area contributed by atoms with E-state index >= 15 is 0 Å². The van der Waals surface area contributed by atoms with E-state index in [9.17, 15) is 0 Å². The van der Waals surface area contributed by atoms with Gasteiger partial charge in [0, 0.05) is 38.4 Å². The van der Waals surface area contributed by atoms with E-state index in [2.05, 4.69) is 180 Å². The molecule has 0 spiro atoms. The molecule has 0 saturated carbocycles. The first-order valence-electron chi connectivity index (χ1n) is 17.7. The van der Waals surface area contributed by atoms with Crippen LogP contribution in [0.4, 0.5) is 0 Å². The lowest BCUT2D eigenvalue weighted by Gasteiger charge is -2.26. The summed E-state index contributed by atoms with van der Waals surface area (Å²) in [4.78, 5) is 9.00. The van der Waals surface area contributed by atoms with Crippen LogP contribution in [0.5, 0.6) is 0 Å². The van der Waals surface area contributed by atoms with Gasteiger partial charge in [-0.3, -0.25) is 4.99 Å². The number of nitrogens with one attached hydrogen (secondary N) is 2. The van der Waals surface area contributed by atoms with Crippen LogP contribution in [0.1, 0.15) is 23.0 Å². The fourth-order valence-electron chi connectivity index (χ4n) is 7.53. The summed E-state index contributed by atoms with van der Waals surface area (Å²) in [5.41, 5.74) is 14.5. The third-order valence-electron chi connectivity index (χ3n) is 10.1. The Morgan fingerprint density at radius 2 is 1.13 bits per heavy atom. The number of nitrogens with zero attached hydrogens (tertiary/aromatic N) is 1. The molecule has 1 aliphatic rings. The van der Waals surface area contributed by atoms with E-state index in [4.69, 9.17) is 9.41 Å². The number of hydrogen-bond donors (Lipinski definition) is 2. The van der Waals surface area contributed by atoms with Gasteiger partial charge in [0.1, 0.15) is 17.3 Å². The highest BCUT2D eigenvalue weighted by atomic mass is 16.3. The molecule has 4 nitrogen and oxygen atoms in total. The van der Waals surface area contributed by atoms with Crippen LogP contribution in [0.25, 0.3) is 71.9 Å². The third kappa shape index (κ3) is 5.21. The van der Waals surface area contributed by atoms with Gasteiger partial charge in [0.2, 0.25) is 0 Å². The zero-order chi connectivity index (χ0) is 34.4. The lowest BCUT2D eigenvalue weighted by molar-refractivity contribution is 0.652. The number of para-hydroxylation sites is 2. The minimum absolute atomic E-state index is 0.376. The molecule has 0 aliphatic carbocycles. The van der Waals surface area contributed by atoms with Crippen molar-refractivity contribution in [3.05, 3.63) is 199 Å². The van der Waals surface area contributed by atoms with Gasteiger partial charge in [0.25, 0.3) is 0 Å². The number of aromatic nitrogens is 1. The van der Waals surface area contributed by atoms with Gasteiger partial charge in [-0.1, -0.05) is 164 Å². The molecular weight excluding hydrogens is 635 g/mol. The van der Waals surface area contributed by atoms with Crippen molar-refractivity contribution in [2.24, 2.45) is 4.99 Å². The van der Waals surface area contributed by atoms with Crippen molar-refractivity contribution in [1.82, 2.24) is 10.3 Å². The van der Waals surface area contributed by atoms with E-state index in [-0.39, 0.29) is 6.17 Å². The molecule has 1 atom stereocenters. The summed E-state index contributed by atoms with van der Waals surface area (Å²) in [5.74, 6) is 0. The number of aliphatic imine (C=N–C) groups is 1. The molecule has 0 bridgehead atoms. The first kappa shape index (κ1) is 30.0. The van der Waals surface area contributed by atoms with Crippen LogP contribution < -0.4 is 5.32 Å². The number of H-pyrrole nitrogens is 1. The minimum Gasteiger partial charge on any atom is -0.455 e. The Morgan fingerprint density at radius 3 is 1.88 bits per heavy atom. The number of hydrogen-bond acceptors (Lipinski definition) is 3. The normalized spacial score (nSPS) is 14.3. The van der Waals surface area contributed by atoms with Crippen LogP contribution in [0.2, 0.25) is 0 Å². The highest BCUT2D eigenvalue weighted by Crippen LogP contribution is 2.44. The molecule has 246 valence electrons. The molecule has 10 rings (SSSR count). The number of benzene rings is 7. The SMILES string of the molecule is C1=C(c2cc3ccccc3[nH]2)NC(c2ccc3c(oc4c(-c5ccc(-c6ccccc6)cc5)cccc43)c2-c2ccccc2)N=C1c1ccccc1. The highest BCUT2D eigenvalue weighted by Gasteiger charge is 2.26. The van der Waals surface area contributed by atoms with Crippen molar-refractivity contribution < 1.29 is 4.42 Å². The molecule has 7 aromatic carbocycles. The van der Waals surface area contributed by atoms with Crippen LogP contribution in [0.15, 0.2) is 191 Å². The maximum atomic E-state index is 7.04. The standard InChI is InChI=1S/C48H33N3O/c1-4-13-31(14-5-1)32-23-25-33(26-24-32)37-20-12-21-38-39-27-28-40(45(47(39)52-46(37)38)35-17-8-3-9-18-35)48-50-42(34-15-6-2-7-16-34)30-44(51-48)43-29-36-19-10-11-22-41(36)49-43/h1-30,48-49,51H. The summed E-state index contributed by atoms with van der Waals surface area (Å²) in [6.45, 7) is 0. The molecule has 0 fully saturated rings. The number of allylic oxidation sites excluding steroid dienone is 1. The van der Waals surface area contributed by atoms with Crippen molar-refractivity contribution in [3.63, 3.8) is 0 Å². The van der Waals surface area contributed by atoms with E-state index in [0.717, 1.165) is 77.9 Å². The van der Waals surface area contributed by atoms with Gasteiger partial charge in [-0.05, 0) is 46.0 Å². The molecular formula is C48H33N3O. The molecule has 4 heteroatoms. The Balaban J connectivity index is 1.14. The van der Waals surface area contributed by atoms with Crippen LogP contribution in [0, 0.1) is 0 Å². The summed E-state index contributed by atoms with van der Waals surface area (Å²) in [6.07, 6.45) is 1.77. The lowest BCUT2D eigenvalue weighted by atomic mass is 9.93. The largest absolute Gasteiger partial charge is 0.455 e.